The van der Waals surface area contributed by atoms with E-state index in [-0.39, 0.29) is 5.17 Å². The lowest BCUT2D eigenvalue weighted by atomic mass is 9.85. The van der Waals surface area contributed by atoms with Gasteiger partial charge in [-0.05, 0) is 48.4 Å². The molecule has 0 bridgehead atoms. The van der Waals surface area contributed by atoms with Crippen LogP contribution in [0.5, 0.6) is 0 Å². The predicted octanol–water partition coefficient (Wildman–Crippen LogP) is 4.26. The number of allylic oxidation sites excluding steroid dienone is 2. The summed E-state index contributed by atoms with van der Waals surface area (Å²) >= 11 is 4.97. The van der Waals surface area contributed by atoms with Gasteiger partial charge < -0.3 is 5.73 Å². The average molecular weight is 325 g/mol. The Morgan fingerprint density at radius 2 is 2.33 bits per heavy atom. The highest BCUT2D eigenvalue weighted by atomic mass is 79.9. The third-order valence-corrected chi connectivity index (χ3v) is 4.53. The molecule has 0 spiro atoms. The monoisotopic (exact) mass is 324 g/mol. The highest BCUT2D eigenvalue weighted by Crippen LogP contribution is 2.35. The number of nitrogens with one attached hydrogen (secondary N) is 1. The van der Waals surface area contributed by atoms with Crippen molar-refractivity contribution in [1.29, 1.82) is 5.41 Å². The van der Waals surface area contributed by atoms with Crippen molar-refractivity contribution >= 4 is 38.4 Å². The van der Waals surface area contributed by atoms with Crippen LogP contribution in [0.15, 0.2) is 34.8 Å². The van der Waals surface area contributed by atoms with Gasteiger partial charge in [-0.1, -0.05) is 45.9 Å². The van der Waals surface area contributed by atoms with Gasteiger partial charge in [0.15, 0.2) is 5.17 Å². The summed E-state index contributed by atoms with van der Waals surface area (Å²) in [7, 11) is 0. The molecule has 1 aliphatic rings. The molecule has 3 N–H and O–H groups in total. The van der Waals surface area contributed by atoms with E-state index in [0.717, 1.165) is 16.6 Å². The van der Waals surface area contributed by atoms with Gasteiger partial charge >= 0.3 is 0 Å². The van der Waals surface area contributed by atoms with Crippen LogP contribution in [0.4, 0.5) is 0 Å². The number of amidine groups is 1. The normalized spacial score (nSPS) is 19.4. The summed E-state index contributed by atoms with van der Waals surface area (Å²) in [6, 6.07) is 8.45. The summed E-state index contributed by atoms with van der Waals surface area (Å²) in [6.07, 6.45) is 5.93. The first-order valence-electron chi connectivity index (χ1n) is 6.09. The summed E-state index contributed by atoms with van der Waals surface area (Å²) in [5, 5.41) is 7.55. The largest absolute Gasteiger partial charge is 0.379 e. The molecular weight excluding hydrogens is 308 g/mol. The van der Waals surface area contributed by atoms with Gasteiger partial charge in [-0.3, -0.25) is 5.41 Å². The van der Waals surface area contributed by atoms with Crippen LogP contribution in [-0.4, -0.2) is 10.9 Å². The highest BCUT2D eigenvalue weighted by molar-refractivity contribution is 9.10. The second kappa shape index (κ2) is 6.43. The summed E-state index contributed by atoms with van der Waals surface area (Å²) in [5.74, 6) is 1.43. The first-order chi connectivity index (χ1) is 8.66. The molecule has 18 heavy (non-hydrogen) atoms. The lowest BCUT2D eigenvalue weighted by Gasteiger charge is -2.24. The molecule has 1 aliphatic carbocycles. The topological polar surface area (TPSA) is 49.9 Å². The van der Waals surface area contributed by atoms with Gasteiger partial charge in [0, 0.05) is 10.2 Å². The molecule has 0 aliphatic heterocycles. The van der Waals surface area contributed by atoms with E-state index in [9.17, 15) is 0 Å². The summed E-state index contributed by atoms with van der Waals surface area (Å²) in [6.45, 7) is 0. The molecule has 0 radical (unpaired) electrons. The molecule has 1 atom stereocenters. The predicted molar refractivity (Wildman–Crippen MR) is 83.8 cm³/mol. The molecular formula is C14H17BrN2S. The Kier molecular flexibility index (Phi) is 4.89. The SMILES string of the molecule is N=C(N)SCC1CCCC=C1c1cccc(Br)c1. The molecule has 0 aromatic heterocycles. The van der Waals surface area contributed by atoms with Crippen LogP contribution in [0.2, 0.25) is 0 Å². The Hall–Kier alpha value is -0.740. The Balaban J connectivity index is 2.17. The minimum atomic E-state index is 0.217. The van der Waals surface area contributed by atoms with Gasteiger partial charge in [0.05, 0.1) is 0 Å². The van der Waals surface area contributed by atoms with Crippen LogP contribution >= 0.6 is 27.7 Å². The number of nitrogens with two attached hydrogens (primary N) is 1. The molecule has 1 unspecified atom stereocenters. The molecule has 2 rings (SSSR count). The Morgan fingerprint density at radius 1 is 1.50 bits per heavy atom. The Labute approximate surface area is 121 Å². The van der Waals surface area contributed by atoms with Gasteiger partial charge in [-0.15, -0.1) is 0 Å². The minimum Gasteiger partial charge on any atom is -0.379 e. The number of hydrogen-bond donors (Lipinski definition) is 2. The van der Waals surface area contributed by atoms with Gasteiger partial charge in [-0.2, -0.15) is 0 Å². The molecule has 0 fully saturated rings. The second-order valence-electron chi connectivity index (χ2n) is 4.47. The van der Waals surface area contributed by atoms with E-state index in [1.165, 1.54) is 35.7 Å². The quantitative estimate of drug-likeness (QED) is 0.644. The van der Waals surface area contributed by atoms with Gasteiger partial charge in [0.1, 0.15) is 0 Å². The van der Waals surface area contributed by atoms with Crippen molar-refractivity contribution in [1.82, 2.24) is 0 Å². The Bertz CT molecular complexity index is 471. The standard InChI is InChI=1S/C14H17BrN2S/c15-12-6-3-5-10(8-12)13-7-2-1-4-11(13)9-18-14(16)17/h3,5-8,11H,1-2,4,9H2,(H3,16,17). The third kappa shape index (κ3) is 3.62. The molecule has 2 nitrogen and oxygen atoms in total. The lowest BCUT2D eigenvalue weighted by molar-refractivity contribution is 0.609. The van der Waals surface area contributed by atoms with E-state index < -0.39 is 0 Å². The summed E-state index contributed by atoms with van der Waals surface area (Å²) < 4.78 is 1.12. The average Bonchev–Trinajstić information content (AvgIpc) is 2.36. The molecule has 0 heterocycles. The number of rotatable bonds is 3. The maximum absolute atomic E-state index is 7.33. The van der Waals surface area contributed by atoms with E-state index >= 15 is 0 Å². The zero-order chi connectivity index (χ0) is 13.0. The van der Waals surface area contributed by atoms with Crippen LogP contribution < -0.4 is 5.73 Å². The first kappa shape index (κ1) is 13.7. The van der Waals surface area contributed by atoms with Crippen LogP contribution in [0, 0.1) is 11.3 Å². The molecule has 1 aromatic rings. The second-order valence-corrected chi connectivity index (χ2v) is 6.45. The highest BCUT2D eigenvalue weighted by Gasteiger charge is 2.19. The third-order valence-electron chi connectivity index (χ3n) is 3.16. The molecule has 0 saturated carbocycles. The zero-order valence-corrected chi connectivity index (χ0v) is 12.6. The number of hydrogen-bond acceptors (Lipinski definition) is 2. The van der Waals surface area contributed by atoms with E-state index in [1.807, 2.05) is 6.07 Å². The van der Waals surface area contributed by atoms with Crippen molar-refractivity contribution < 1.29 is 0 Å². The van der Waals surface area contributed by atoms with Gasteiger partial charge in [-0.25, -0.2) is 0 Å². The van der Waals surface area contributed by atoms with Crippen LogP contribution in [-0.2, 0) is 0 Å². The van der Waals surface area contributed by atoms with Gasteiger partial charge in [0.25, 0.3) is 0 Å². The first-order valence-corrected chi connectivity index (χ1v) is 7.87. The number of thioether (sulfide) groups is 1. The summed E-state index contributed by atoms with van der Waals surface area (Å²) in [5.41, 5.74) is 8.14. The fraction of sp³-hybridized carbons (Fsp3) is 0.357. The minimum absolute atomic E-state index is 0.217. The fourth-order valence-electron chi connectivity index (χ4n) is 2.33. The van der Waals surface area contributed by atoms with Crippen LogP contribution in [0.25, 0.3) is 5.57 Å². The van der Waals surface area contributed by atoms with E-state index in [2.05, 4.69) is 40.2 Å². The van der Waals surface area contributed by atoms with Crippen molar-refractivity contribution in [2.24, 2.45) is 11.7 Å². The van der Waals surface area contributed by atoms with Gasteiger partial charge in [0.2, 0.25) is 0 Å². The molecule has 1 aromatic carbocycles. The molecule has 0 amide bonds. The van der Waals surface area contributed by atoms with E-state index in [1.54, 1.807) is 0 Å². The zero-order valence-electron chi connectivity index (χ0n) is 10.2. The van der Waals surface area contributed by atoms with E-state index in [4.69, 9.17) is 11.1 Å². The van der Waals surface area contributed by atoms with Crippen LogP contribution in [0.3, 0.4) is 0 Å². The molecule has 4 heteroatoms. The Morgan fingerprint density at radius 3 is 3.06 bits per heavy atom. The fourth-order valence-corrected chi connectivity index (χ4v) is 3.46. The maximum Gasteiger partial charge on any atom is 0.151 e. The van der Waals surface area contributed by atoms with E-state index in [0.29, 0.717) is 5.92 Å². The van der Waals surface area contributed by atoms with Crippen molar-refractivity contribution in [3.05, 3.63) is 40.4 Å². The molecule has 96 valence electrons. The molecule has 0 saturated heterocycles. The van der Waals surface area contributed by atoms with Crippen LogP contribution in [0.1, 0.15) is 24.8 Å². The number of benzene rings is 1. The smallest absolute Gasteiger partial charge is 0.151 e. The summed E-state index contributed by atoms with van der Waals surface area (Å²) in [4.78, 5) is 0. The number of halogens is 1. The van der Waals surface area contributed by atoms with Crippen molar-refractivity contribution in [3.8, 4) is 0 Å². The van der Waals surface area contributed by atoms with Crippen molar-refractivity contribution in [2.75, 3.05) is 5.75 Å². The lowest BCUT2D eigenvalue weighted by Crippen LogP contribution is -2.14. The maximum atomic E-state index is 7.33. The van der Waals surface area contributed by atoms with Crippen molar-refractivity contribution in [2.45, 2.75) is 19.3 Å². The van der Waals surface area contributed by atoms with Crippen molar-refractivity contribution in [3.63, 3.8) is 0 Å².